The van der Waals surface area contributed by atoms with Crippen LogP contribution in [0.4, 0.5) is 24.7 Å². The minimum Gasteiger partial charge on any atom is -0.358 e. The Labute approximate surface area is 210 Å². The largest absolute Gasteiger partial charge is 0.419 e. The van der Waals surface area contributed by atoms with Gasteiger partial charge in [0.15, 0.2) is 0 Å². The van der Waals surface area contributed by atoms with Crippen molar-refractivity contribution in [3.63, 3.8) is 0 Å². The highest BCUT2D eigenvalue weighted by Crippen LogP contribution is 2.49. The number of alkyl halides is 3. The SMILES string of the molecule is C=C1Nc2ccc(C#N)cc2C12CCN(CCCc1cnc(N3CC(C)(C)C3)c(C(F)(F)F)c1)CC2. The highest BCUT2D eigenvalue weighted by molar-refractivity contribution is 5.69. The fraction of sp³-hybridized carbons (Fsp3) is 0.500. The molecule has 0 saturated carbocycles. The van der Waals surface area contributed by atoms with Crippen LogP contribution in [0.3, 0.4) is 0 Å². The number of hydrogen-bond donors (Lipinski definition) is 1. The Bertz CT molecular complexity index is 1210. The van der Waals surface area contributed by atoms with Crippen LogP contribution in [0.1, 0.15) is 55.4 Å². The molecule has 1 aromatic heterocycles. The summed E-state index contributed by atoms with van der Waals surface area (Å²) in [6, 6.07) is 9.28. The van der Waals surface area contributed by atoms with Crippen molar-refractivity contribution in [2.24, 2.45) is 5.41 Å². The smallest absolute Gasteiger partial charge is 0.358 e. The maximum atomic E-state index is 13.8. The minimum absolute atomic E-state index is 0.0251. The van der Waals surface area contributed by atoms with E-state index >= 15 is 0 Å². The molecule has 2 saturated heterocycles. The van der Waals surface area contributed by atoms with Gasteiger partial charge in [0.05, 0.1) is 17.2 Å². The average Bonchev–Trinajstić information content (AvgIpc) is 3.08. The highest BCUT2D eigenvalue weighted by atomic mass is 19.4. The number of nitrogens with zero attached hydrogens (tertiary/aromatic N) is 4. The fourth-order valence-electron chi connectivity index (χ4n) is 6.03. The lowest BCUT2D eigenvalue weighted by Crippen LogP contribution is -2.54. The number of anilines is 2. The Morgan fingerprint density at radius 1 is 1.17 bits per heavy atom. The molecule has 0 unspecified atom stereocenters. The summed E-state index contributed by atoms with van der Waals surface area (Å²) in [5.74, 6) is 0.0529. The van der Waals surface area contributed by atoms with E-state index in [0.29, 0.717) is 30.6 Å². The second-order valence-corrected chi connectivity index (χ2v) is 11.2. The van der Waals surface area contributed by atoms with Crippen molar-refractivity contribution < 1.29 is 13.2 Å². The van der Waals surface area contributed by atoms with Crippen molar-refractivity contribution in [3.05, 3.63) is 65.0 Å². The standard InChI is InChI=1S/C28H32F3N5/c1-19-27(22-13-20(15-32)6-7-24(22)34-19)8-11-35(12-9-27)10-4-5-21-14-23(28(29,30)31)25(33-16-21)36-17-26(2,3)18-36/h6-7,13-14,16,34H,1,4-5,8-12,17-18H2,2-3H3. The predicted octanol–water partition coefficient (Wildman–Crippen LogP) is 5.72. The van der Waals surface area contributed by atoms with Gasteiger partial charge in [0.25, 0.3) is 0 Å². The number of rotatable bonds is 5. The number of aromatic nitrogens is 1. The molecule has 1 aromatic carbocycles. The predicted molar refractivity (Wildman–Crippen MR) is 135 cm³/mol. The monoisotopic (exact) mass is 495 g/mol. The van der Waals surface area contributed by atoms with Gasteiger partial charge >= 0.3 is 6.18 Å². The lowest BCUT2D eigenvalue weighted by Gasteiger charge is -2.47. The molecule has 3 aliphatic heterocycles. The molecule has 8 heteroatoms. The van der Waals surface area contributed by atoms with Crippen LogP contribution in [0.5, 0.6) is 0 Å². The molecule has 190 valence electrons. The van der Waals surface area contributed by atoms with Crippen LogP contribution in [-0.2, 0) is 18.0 Å². The first kappa shape index (κ1) is 24.6. The number of nitriles is 1. The van der Waals surface area contributed by atoms with Gasteiger partial charge in [-0.1, -0.05) is 20.4 Å². The van der Waals surface area contributed by atoms with Gasteiger partial charge in [-0.05, 0) is 86.1 Å². The molecule has 5 rings (SSSR count). The van der Waals surface area contributed by atoms with Gasteiger partial charge in [0.1, 0.15) is 5.82 Å². The van der Waals surface area contributed by atoms with E-state index in [-0.39, 0.29) is 16.6 Å². The quantitative estimate of drug-likeness (QED) is 0.575. The van der Waals surface area contributed by atoms with E-state index in [1.807, 2.05) is 18.2 Å². The third-order valence-electron chi connectivity index (χ3n) is 7.94. The van der Waals surface area contributed by atoms with Crippen molar-refractivity contribution in [2.75, 3.05) is 42.9 Å². The van der Waals surface area contributed by atoms with Gasteiger partial charge in [-0.2, -0.15) is 18.4 Å². The summed E-state index contributed by atoms with van der Waals surface area (Å²) in [4.78, 5) is 8.34. The minimum atomic E-state index is -4.42. The number of hydrogen-bond acceptors (Lipinski definition) is 5. The van der Waals surface area contributed by atoms with Crippen molar-refractivity contribution in [3.8, 4) is 6.07 Å². The number of fused-ring (bicyclic) bond motifs is 2. The first-order valence-electron chi connectivity index (χ1n) is 12.6. The van der Waals surface area contributed by atoms with E-state index < -0.39 is 11.7 Å². The summed E-state index contributed by atoms with van der Waals surface area (Å²) >= 11 is 0. The summed E-state index contributed by atoms with van der Waals surface area (Å²) in [5, 5.41) is 12.7. The first-order chi connectivity index (χ1) is 17.0. The molecule has 2 fully saturated rings. The summed E-state index contributed by atoms with van der Waals surface area (Å²) < 4.78 is 41.3. The molecular formula is C28H32F3N5. The molecule has 1 spiro atoms. The van der Waals surface area contributed by atoms with Gasteiger partial charge < -0.3 is 15.1 Å². The molecule has 4 heterocycles. The molecule has 0 atom stereocenters. The Balaban J connectivity index is 1.19. The second kappa shape index (κ2) is 8.81. The molecule has 5 nitrogen and oxygen atoms in total. The third kappa shape index (κ3) is 4.45. The summed E-state index contributed by atoms with van der Waals surface area (Å²) in [5.41, 5.74) is 3.70. The second-order valence-electron chi connectivity index (χ2n) is 11.2. The van der Waals surface area contributed by atoms with Crippen molar-refractivity contribution >= 4 is 11.5 Å². The number of aryl methyl sites for hydroxylation is 1. The normalized spacial score (nSPS) is 20.6. The zero-order chi connectivity index (χ0) is 25.7. The molecule has 36 heavy (non-hydrogen) atoms. The fourth-order valence-corrected chi connectivity index (χ4v) is 6.03. The van der Waals surface area contributed by atoms with E-state index in [9.17, 15) is 18.4 Å². The number of likely N-dealkylation sites (tertiary alicyclic amines) is 1. The van der Waals surface area contributed by atoms with E-state index in [4.69, 9.17) is 0 Å². The Morgan fingerprint density at radius 3 is 2.53 bits per heavy atom. The highest BCUT2D eigenvalue weighted by Gasteiger charge is 2.45. The van der Waals surface area contributed by atoms with Crippen molar-refractivity contribution in [2.45, 2.75) is 51.1 Å². The number of piperidine rings is 1. The molecule has 0 amide bonds. The number of halogens is 3. The van der Waals surface area contributed by atoms with Crippen LogP contribution in [0.2, 0.25) is 0 Å². The first-order valence-corrected chi connectivity index (χ1v) is 12.6. The van der Waals surface area contributed by atoms with E-state index in [0.717, 1.165) is 55.8 Å². The molecular weight excluding hydrogens is 463 g/mol. The van der Waals surface area contributed by atoms with Crippen LogP contribution in [0.25, 0.3) is 0 Å². The van der Waals surface area contributed by atoms with Crippen LogP contribution in [0.15, 0.2) is 42.7 Å². The van der Waals surface area contributed by atoms with Crippen LogP contribution in [0, 0.1) is 16.7 Å². The molecule has 2 aromatic rings. The van der Waals surface area contributed by atoms with Crippen molar-refractivity contribution in [1.82, 2.24) is 9.88 Å². The van der Waals surface area contributed by atoms with E-state index in [1.54, 1.807) is 11.1 Å². The van der Waals surface area contributed by atoms with Gasteiger partial charge in [-0.15, -0.1) is 0 Å². The maximum Gasteiger partial charge on any atom is 0.419 e. The van der Waals surface area contributed by atoms with Crippen LogP contribution in [-0.4, -0.2) is 42.6 Å². The number of allylic oxidation sites excluding steroid dienone is 1. The topological polar surface area (TPSA) is 55.2 Å². The molecule has 0 radical (unpaired) electrons. The van der Waals surface area contributed by atoms with Crippen LogP contribution >= 0.6 is 0 Å². The van der Waals surface area contributed by atoms with Crippen molar-refractivity contribution in [1.29, 1.82) is 5.26 Å². The maximum absolute atomic E-state index is 13.8. The Hall–Kier alpha value is -3.05. The van der Waals surface area contributed by atoms with E-state index in [2.05, 4.69) is 41.7 Å². The Morgan fingerprint density at radius 2 is 1.89 bits per heavy atom. The van der Waals surface area contributed by atoms with E-state index in [1.165, 1.54) is 6.07 Å². The zero-order valence-electron chi connectivity index (χ0n) is 20.9. The van der Waals surface area contributed by atoms with Gasteiger partial charge in [0.2, 0.25) is 0 Å². The average molecular weight is 496 g/mol. The Kier molecular flexibility index (Phi) is 6.03. The molecule has 3 aliphatic rings. The molecule has 0 aliphatic carbocycles. The lowest BCUT2D eigenvalue weighted by molar-refractivity contribution is -0.137. The molecule has 0 bridgehead atoms. The van der Waals surface area contributed by atoms with Gasteiger partial charge in [-0.25, -0.2) is 4.98 Å². The van der Waals surface area contributed by atoms with Crippen LogP contribution < -0.4 is 10.2 Å². The summed E-state index contributed by atoms with van der Waals surface area (Å²) in [6.45, 7) is 12.1. The van der Waals surface area contributed by atoms with Gasteiger partial charge in [0, 0.05) is 36.1 Å². The lowest BCUT2D eigenvalue weighted by atomic mass is 9.72. The number of benzene rings is 1. The zero-order valence-corrected chi connectivity index (χ0v) is 20.9. The summed E-state index contributed by atoms with van der Waals surface area (Å²) in [7, 11) is 0. The van der Waals surface area contributed by atoms with Gasteiger partial charge in [-0.3, -0.25) is 0 Å². The number of nitrogens with one attached hydrogen (secondary N) is 1. The third-order valence-corrected chi connectivity index (χ3v) is 7.94. The number of pyridine rings is 1. The summed E-state index contributed by atoms with van der Waals surface area (Å²) in [6.07, 6.45) is 0.336. The molecule has 1 N–H and O–H groups in total.